The number of rotatable bonds is 4. The average molecular weight is 227 g/mol. The second kappa shape index (κ2) is 4.71. The molecule has 1 atom stereocenters. The van der Waals surface area contributed by atoms with Crippen molar-refractivity contribution in [3.63, 3.8) is 0 Å². The lowest BCUT2D eigenvalue weighted by atomic mass is 10.0. The first kappa shape index (κ1) is 12.1. The van der Waals surface area contributed by atoms with Gasteiger partial charge in [-0.2, -0.15) is 5.10 Å². The summed E-state index contributed by atoms with van der Waals surface area (Å²) in [5, 5.41) is 14.3. The van der Waals surface area contributed by atoms with Crippen LogP contribution >= 0.6 is 0 Å². The smallest absolute Gasteiger partial charge is 0.292 e. The molecule has 0 fully saturated rings. The van der Waals surface area contributed by atoms with Gasteiger partial charge in [0, 0.05) is 0 Å². The van der Waals surface area contributed by atoms with Crippen molar-refractivity contribution in [1.29, 1.82) is 0 Å². The zero-order valence-electron chi connectivity index (χ0n) is 8.95. The van der Waals surface area contributed by atoms with E-state index in [-0.39, 0.29) is 11.6 Å². The first-order chi connectivity index (χ1) is 7.47. The number of aromatic nitrogens is 2. The van der Waals surface area contributed by atoms with Gasteiger partial charge in [0.1, 0.15) is 18.4 Å². The Hall–Kier alpha value is -1.96. The standard InChI is InChI=1S/C8H13N5O3/c1-5(2)7(8(14)11-9)12-4-6(3-10-12)13(15)16/h3-5,7H,9H2,1-2H3,(H,11,14). The molecular formula is C8H13N5O3. The Morgan fingerprint density at radius 3 is 2.69 bits per heavy atom. The second-order valence-corrected chi connectivity index (χ2v) is 3.63. The number of amides is 1. The van der Waals surface area contributed by atoms with Crippen LogP contribution in [0.4, 0.5) is 5.69 Å². The van der Waals surface area contributed by atoms with E-state index in [4.69, 9.17) is 5.84 Å². The summed E-state index contributed by atoms with van der Waals surface area (Å²) in [7, 11) is 0. The quantitative estimate of drug-likeness (QED) is 0.324. The van der Waals surface area contributed by atoms with Crippen LogP contribution in [0.15, 0.2) is 12.4 Å². The Morgan fingerprint density at radius 2 is 2.31 bits per heavy atom. The second-order valence-electron chi connectivity index (χ2n) is 3.63. The number of nitrogens with one attached hydrogen (secondary N) is 1. The van der Waals surface area contributed by atoms with Gasteiger partial charge in [0.05, 0.1) is 4.92 Å². The first-order valence-electron chi connectivity index (χ1n) is 4.66. The highest BCUT2D eigenvalue weighted by Crippen LogP contribution is 2.19. The summed E-state index contributed by atoms with van der Waals surface area (Å²) in [6, 6.07) is -0.654. The predicted octanol–water partition coefficient (Wildman–Crippen LogP) is -0.0217. The van der Waals surface area contributed by atoms with Crippen LogP contribution in [-0.2, 0) is 4.79 Å². The van der Waals surface area contributed by atoms with E-state index in [0.717, 1.165) is 6.20 Å². The Bertz CT molecular complexity index is 400. The third-order valence-electron chi connectivity index (χ3n) is 2.13. The molecule has 3 N–H and O–H groups in total. The molecule has 0 aliphatic rings. The summed E-state index contributed by atoms with van der Waals surface area (Å²) in [4.78, 5) is 21.4. The van der Waals surface area contributed by atoms with Gasteiger partial charge >= 0.3 is 5.69 Å². The van der Waals surface area contributed by atoms with Crippen LogP contribution in [0.3, 0.4) is 0 Å². The molecule has 1 aromatic heterocycles. The topological polar surface area (TPSA) is 116 Å². The minimum Gasteiger partial charge on any atom is -0.292 e. The molecule has 1 unspecified atom stereocenters. The predicted molar refractivity (Wildman–Crippen MR) is 55.1 cm³/mol. The summed E-state index contributed by atoms with van der Waals surface area (Å²) in [5.41, 5.74) is 1.86. The monoisotopic (exact) mass is 227 g/mol. The molecule has 0 saturated carbocycles. The normalized spacial score (nSPS) is 12.5. The molecule has 8 nitrogen and oxygen atoms in total. The van der Waals surface area contributed by atoms with Gasteiger partial charge in [0.2, 0.25) is 0 Å². The molecular weight excluding hydrogens is 214 g/mol. The number of hydrogen-bond donors (Lipinski definition) is 2. The van der Waals surface area contributed by atoms with Crippen LogP contribution in [0.25, 0.3) is 0 Å². The van der Waals surface area contributed by atoms with Crippen molar-refractivity contribution in [2.75, 3.05) is 0 Å². The zero-order chi connectivity index (χ0) is 12.3. The van der Waals surface area contributed by atoms with Gasteiger partial charge < -0.3 is 0 Å². The Labute approximate surface area is 91.5 Å². The summed E-state index contributed by atoms with van der Waals surface area (Å²) >= 11 is 0. The van der Waals surface area contributed by atoms with Gasteiger partial charge in [-0.05, 0) is 5.92 Å². The van der Waals surface area contributed by atoms with Crippen molar-refractivity contribution in [3.8, 4) is 0 Å². The van der Waals surface area contributed by atoms with E-state index in [2.05, 4.69) is 5.10 Å². The fraction of sp³-hybridized carbons (Fsp3) is 0.500. The van der Waals surface area contributed by atoms with Crippen LogP contribution in [0.2, 0.25) is 0 Å². The molecule has 0 spiro atoms. The highest BCUT2D eigenvalue weighted by atomic mass is 16.6. The van der Waals surface area contributed by atoms with Crippen molar-refractivity contribution < 1.29 is 9.72 Å². The minimum atomic E-state index is -0.654. The maximum absolute atomic E-state index is 11.5. The van der Waals surface area contributed by atoms with E-state index in [0.29, 0.717) is 0 Å². The van der Waals surface area contributed by atoms with Crippen LogP contribution in [0.5, 0.6) is 0 Å². The average Bonchev–Trinajstić information content (AvgIpc) is 2.66. The Kier molecular flexibility index (Phi) is 3.56. The third kappa shape index (κ3) is 2.34. The first-order valence-corrected chi connectivity index (χ1v) is 4.66. The van der Waals surface area contributed by atoms with Gasteiger partial charge in [0.15, 0.2) is 0 Å². The van der Waals surface area contributed by atoms with E-state index >= 15 is 0 Å². The highest BCUT2D eigenvalue weighted by molar-refractivity contribution is 5.79. The molecule has 8 heteroatoms. The number of carbonyl (C=O) groups is 1. The fourth-order valence-corrected chi connectivity index (χ4v) is 1.39. The van der Waals surface area contributed by atoms with E-state index in [1.165, 1.54) is 10.9 Å². The van der Waals surface area contributed by atoms with E-state index in [1.54, 1.807) is 13.8 Å². The fourth-order valence-electron chi connectivity index (χ4n) is 1.39. The summed E-state index contributed by atoms with van der Waals surface area (Å²) in [5.74, 6) is 4.52. The molecule has 88 valence electrons. The van der Waals surface area contributed by atoms with Crippen LogP contribution in [0.1, 0.15) is 19.9 Å². The lowest BCUT2D eigenvalue weighted by Crippen LogP contribution is -2.39. The molecule has 0 radical (unpaired) electrons. The lowest BCUT2D eigenvalue weighted by molar-refractivity contribution is -0.385. The number of hydrogen-bond acceptors (Lipinski definition) is 5. The van der Waals surface area contributed by atoms with Gasteiger partial charge in [0.25, 0.3) is 5.91 Å². The molecule has 0 saturated heterocycles. The molecule has 0 aromatic carbocycles. The summed E-state index contributed by atoms with van der Waals surface area (Å²) in [6.45, 7) is 3.60. The summed E-state index contributed by atoms with van der Waals surface area (Å²) in [6.07, 6.45) is 2.30. The molecule has 1 aromatic rings. The van der Waals surface area contributed by atoms with Crippen LogP contribution in [0, 0.1) is 16.0 Å². The number of hydrazine groups is 1. The summed E-state index contributed by atoms with van der Waals surface area (Å²) < 4.78 is 1.24. The van der Waals surface area contributed by atoms with Gasteiger partial charge in [-0.3, -0.25) is 25.0 Å². The highest BCUT2D eigenvalue weighted by Gasteiger charge is 2.25. The van der Waals surface area contributed by atoms with E-state index in [1.807, 2.05) is 5.43 Å². The van der Waals surface area contributed by atoms with E-state index in [9.17, 15) is 14.9 Å². The molecule has 1 amide bonds. The maximum atomic E-state index is 11.5. The molecule has 0 aliphatic heterocycles. The van der Waals surface area contributed by atoms with Crippen molar-refractivity contribution in [2.45, 2.75) is 19.9 Å². The maximum Gasteiger partial charge on any atom is 0.307 e. The lowest BCUT2D eigenvalue weighted by Gasteiger charge is -2.18. The number of carbonyl (C=O) groups excluding carboxylic acids is 1. The van der Waals surface area contributed by atoms with Crippen molar-refractivity contribution >= 4 is 11.6 Å². The number of nitrogens with two attached hydrogens (primary N) is 1. The van der Waals surface area contributed by atoms with Gasteiger partial charge in [-0.25, -0.2) is 5.84 Å². The van der Waals surface area contributed by atoms with E-state index < -0.39 is 16.9 Å². The van der Waals surface area contributed by atoms with Crippen LogP contribution < -0.4 is 11.3 Å². The molecule has 1 heterocycles. The van der Waals surface area contributed by atoms with Crippen molar-refractivity contribution in [3.05, 3.63) is 22.5 Å². The minimum absolute atomic E-state index is 0.0805. The molecule has 16 heavy (non-hydrogen) atoms. The Morgan fingerprint density at radius 1 is 1.69 bits per heavy atom. The molecule has 0 bridgehead atoms. The largest absolute Gasteiger partial charge is 0.307 e. The molecule has 1 rings (SSSR count). The van der Waals surface area contributed by atoms with Crippen molar-refractivity contribution in [2.24, 2.45) is 11.8 Å². The van der Waals surface area contributed by atoms with Crippen molar-refractivity contribution in [1.82, 2.24) is 15.2 Å². The van der Waals surface area contributed by atoms with Gasteiger partial charge in [-0.15, -0.1) is 0 Å². The zero-order valence-corrected chi connectivity index (χ0v) is 8.95. The number of nitrogens with zero attached hydrogens (tertiary/aromatic N) is 3. The van der Waals surface area contributed by atoms with Crippen LogP contribution in [-0.4, -0.2) is 20.6 Å². The Balaban J connectivity index is 3.02. The van der Waals surface area contributed by atoms with Gasteiger partial charge in [-0.1, -0.05) is 13.8 Å². The molecule has 0 aliphatic carbocycles. The third-order valence-corrected chi connectivity index (χ3v) is 2.13. The number of nitro groups is 1. The SMILES string of the molecule is CC(C)C(C(=O)NN)n1cc([N+](=O)[O-])cn1.